The van der Waals surface area contributed by atoms with E-state index < -0.39 is 10.0 Å². The van der Waals surface area contributed by atoms with E-state index in [1.54, 1.807) is 38.1 Å². The molecular weight excluding hydrogens is 368 g/mol. The molecule has 7 nitrogen and oxygen atoms in total. The summed E-state index contributed by atoms with van der Waals surface area (Å²) in [4.78, 5) is 12.4. The minimum absolute atomic E-state index is 0.154. The summed E-state index contributed by atoms with van der Waals surface area (Å²) in [6.45, 7) is 4.52. The Morgan fingerprint density at radius 3 is 2.37 bits per heavy atom. The van der Waals surface area contributed by atoms with Gasteiger partial charge in [0.2, 0.25) is 15.9 Å². The van der Waals surface area contributed by atoms with Gasteiger partial charge < -0.3 is 14.8 Å². The molecule has 8 heteroatoms. The van der Waals surface area contributed by atoms with Gasteiger partial charge in [-0.25, -0.2) is 13.1 Å². The highest BCUT2D eigenvalue weighted by atomic mass is 32.2. The van der Waals surface area contributed by atoms with E-state index in [1.807, 2.05) is 6.07 Å². The van der Waals surface area contributed by atoms with Gasteiger partial charge in [0.15, 0.2) is 11.5 Å². The molecule has 0 saturated heterocycles. The van der Waals surface area contributed by atoms with Crippen LogP contribution in [0, 0.1) is 0 Å². The van der Waals surface area contributed by atoms with E-state index in [4.69, 9.17) is 9.47 Å². The molecule has 2 aromatic rings. The predicted molar refractivity (Wildman–Crippen MR) is 102 cm³/mol. The zero-order valence-electron chi connectivity index (χ0n) is 15.2. The molecule has 0 atom stereocenters. The number of nitrogens with one attached hydrogen (secondary N) is 2. The summed E-state index contributed by atoms with van der Waals surface area (Å²) >= 11 is 0. The minimum Gasteiger partial charge on any atom is -0.486 e. The quantitative estimate of drug-likeness (QED) is 0.790. The molecule has 1 aliphatic heterocycles. The maximum Gasteiger partial charge on any atom is 0.240 e. The Hall–Kier alpha value is -2.58. The van der Waals surface area contributed by atoms with E-state index in [0.29, 0.717) is 30.4 Å². The Morgan fingerprint density at radius 2 is 1.70 bits per heavy atom. The third-order valence-electron chi connectivity index (χ3n) is 3.81. The maximum absolute atomic E-state index is 12.3. The summed E-state index contributed by atoms with van der Waals surface area (Å²) in [6.07, 6.45) is 0.172. The van der Waals surface area contributed by atoms with Gasteiger partial charge in [0.25, 0.3) is 0 Å². The smallest absolute Gasteiger partial charge is 0.240 e. The second kappa shape index (κ2) is 7.98. The summed E-state index contributed by atoms with van der Waals surface area (Å²) in [5, 5.41) is 2.76. The molecule has 0 aliphatic carbocycles. The molecule has 27 heavy (non-hydrogen) atoms. The minimum atomic E-state index is -3.55. The van der Waals surface area contributed by atoms with E-state index in [9.17, 15) is 13.2 Å². The SMILES string of the molecule is CC(C)NS(=O)(=O)c1ccc(NC(=O)Cc2ccc3c(c2)OCCO3)cc1. The summed E-state index contributed by atoms with van der Waals surface area (Å²) in [7, 11) is -3.55. The number of carbonyl (C=O) groups excluding carboxylic acids is 1. The molecule has 0 unspecified atom stereocenters. The van der Waals surface area contributed by atoms with E-state index in [-0.39, 0.29) is 23.3 Å². The molecule has 0 aromatic heterocycles. The molecular formula is C19H22N2O5S. The van der Waals surface area contributed by atoms with Gasteiger partial charge in [-0.15, -0.1) is 0 Å². The number of rotatable bonds is 6. The monoisotopic (exact) mass is 390 g/mol. The number of anilines is 1. The van der Waals surface area contributed by atoms with Crippen LogP contribution in [-0.2, 0) is 21.2 Å². The van der Waals surface area contributed by atoms with Crippen molar-refractivity contribution in [2.45, 2.75) is 31.2 Å². The van der Waals surface area contributed by atoms with E-state index in [1.165, 1.54) is 12.1 Å². The van der Waals surface area contributed by atoms with Gasteiger partial charge >= 0.3 is 0 Å². The molecule has 1 amide bonds. The van der Waals surface area contributed by atoms with Gasteiger partial charge in [0, 0.05) is 11.7 Å². The molecule has 0 bridgehead atoms. The van der Waals surface area contributed by atoms with Crippen LogP contribution in [0.4, 0.5) is 5.69 Å². The summed E-state index contributed by atoms with van der Waals surface area (Å²) in [5.74, 6) is 1.11. The Balaban J connectivity index is 1.63. The van der Waals surface area contributed by atoms with Crippen LogP contribution in [0.2, 0.25) is 0 Å². The molecule has 0 fully saturated rings. The van der Waals surface area contributed by atoms with Crippen molar-refractivity contribution in [3.63, 3.8) is 0 Å². The number of benzene rings is 2. The number of hydrogen-bond acceptors (Lipinski definition) is 5. The zero-order chi connectivity index (χ0) is 19.4. The summed E-state index contributed by atoms with van der Waals surface area (Å²) < 4.78 is 37.7. The van der Waals surface area contributed by atoms with Crippen LogP contribution in [0.1, 0.15) is 19.4 Å². The molecule has 0 spiro atoms. The number of ether oxygens (including phenoxy) is 2. The second-order valence-electron chi connectivity index (χ2n) is 6.50. The average Bonchev–Trinajstić information content (AvgIpc) is 2.61. The van der Waals surface area contributed by atoms with E-state index in [0.717, 1.165) is 5.56 Å². The van der Waals surface area contributed by atoms with Gasteiger partial charge in [-0.2, -0.15) is 0 Å². The number of fused-ring (bicyclic) bond motifs is 1. The molecule has 1 aliphatic rings. The lowest BCUT2D eigenvalue weighted by molar-refractivity contribution is -0.115. The molecule has 2 N–H and O–H groups in total. The van der Waals surface area contributed by atoms with Gasteiger partial charge in [-0.1, -0.05) is 6.07 Å². The van der Waals surface area contributed by atoms with Crippen LogP contribution in [0.5, 0.6) is 11.5 Å². The number of sulfonamides is 1. The van der Waals surface area contributed by atoms with Gasteiger partial charge in [0.05, 0.1) is 11.3 Å². The predicted octanol–water partition coefficient (Wildman–Crippen LogP) is 2.33. The highest BCUT2D eigenvalue weighted by Gasteiger charge is 2.16. The number of carbonyl (C=O) groups is 1. The highest BCUT2D eigenvalue weighted by Crippen LogP contribution is 2.30. The lowest BCUT2D eigenvalue weighted by Crippen LogP contribution is -2.30. The van der Waals surface area contributed by atoms with E-state index >= 15 is 0 Å². The van der Waals surface area contributed by atoms with Gasteiger partial charge in [0.1, 0.15) is 13.2 Å². The first-order valence-electron chi connectivity index (χ1n) is 8.64. The van der Waals surface area contributed by atoms with Crippen LogP contribution in [0.3, 0.4) is 0 Å². The van der Waals surface area contributed by atoms with Crippen molar-refractivity contribution in [3.8, 4) is 11.5 Å². The van der Waals surface area contributed by atoms with Crippen LogP contribution in [0.15, 0.2) is 47.4 Å². The normalized spacial score (nSPS) is 13.4. The van der Waals surface area contributed by atoms with Crippen LogP contribution in [0.25, 0.3) is 0 Å². The fraction of sp³-hybridized carbons (Fsp3) is 0.316. The van der Waals surface area contributed by atoms with Gasteiger partial charge in [-0.3, -0.25) is 4.79 Å². The fourth-order valence-electron chi connectivity index (χ4n) is 2.68. The topological polar surface area (TPSA) is 93.7 Å². The van der Waals surface area contributed by atoms with Gasteiger partial charge in [-0.05, 0) is 55.8 Å². The van der Waals surface area contributed by atoms with Crippen molar-refractivity contribution < 1.29 is 22.7 Å². The second-order valence-corrected chi connectivity index (χ2v) is 8.22. The fourth-order valence-corrected chi connectivity index (χ4v) is 3.94. The zero-order valence-corrected chi connectivity index (χ0v) is 16.0. The van der Waals surface area contributed by atoms with Crippen molar-refractivity contribution in [1.29, 1.82) is 0 Å². The van der Waals surface area contributed by atoms with Crippen molar-refractivity contribution in [2.24, 2.45) is 0 Å². The first-order chi connectivity index (χ1) is 12.8. The van der Waals surface area contributed by atoms with Crippen molar-refractivity contribution in [3.05, 3.63) is 48.0 Å². The van der Waals surface area contributed by atoms with Crippen LogP contribution >= 0.6 is 0 Å². The van der Waals surface area contributed by atoms with Crippen molar-refractivity contribution >= 4 is 21.6 Å². The van der Waals surface area contributed by atoms with Crippen molar-refractivity contribution in [2.75, 3.05) is 18.5 Å². The Morgan fingerprint density at radius 1 is 1.04 bits per heavy atom. The van der Waals surface area contributed by atoms with Crippen LogP contribution < -0.4 is 19.5 Å². The van der Waals surface area contributed by atoms with Crippen molar-refractivity contribution in [1.82, 2.24) is 4.72 Å². The average molecular weight is 390 g/mol. The highest BCUT2D eigenvalue weighted by molar-refractivity contribution is 7.89. The molecule has 1 heterocycles. The Kier molecular flexibility index (Phi) is 5.67. The summed E-state index contributed by atoms with van der Waals surface area (Å²) in [6, 6.07) is 11.3. The first kappa shape index (κ1) is 19.2. The first-order valence-corrected chi connectivity index (χ1v) is 10.1. The molecule has 0 saturated carbocycles. The third kappa shape index (κ3) is 4.99. The standard InChI is InChI=1S/C19H22N2O5S/c1-13(2)21-27(23,24)16-6-4-15(5-7-16)20-19(22)12-14-3-8-17-18(11-14)26-10-9-25-17/h3-8,11,13,21H,9-10,12H2,1-2H3,(H,20,22). The molecule has 3 rings (SSSR count). The largest absolute Gasteiger partial charge is 0.486 e. The van der Waals surface area contributed by atoms with E-state index in [2.05, 4.69) is 10.0 Å². The van der Waals surface area contributed by atoms with Crippen LogP contribution in [-0.4, -0.2) is 33.6 Å². The number of hydrogen-bond donors (Lipinski definition) is 2. The lowest BCUT2D eigenvalue weighted by atomic mass is 10.1. The number of amides is 1. The third-order valence-corrected chi connectivity index (χ3v) is 5.48. The maximum atomic E-state index is 12.3. The molecule has 0 radical (unpaired) electrons. The summed E-state index contributed by atoms with van der Waals surface area (Å²) in [5.41, 5.74) is 1.33. The molecule has 144 valence electrons. The Bertz CT molecular complexity index is 924. The Labute approximate surface area is 158 Å². The molecule has 2 aromatic carbocycles. The lowest BCUT2D eigenvalue weighted by Gasteiger charge is -2.18.